The fourth-order valence-electron chi connectivity index (χ4n) is 2.74. The van der Waals surface area contributed by atoms with E-state index in [4.69, 9.17) is 14.2 Å². The molecule has 0 aromatic heterocycles. The molecule has 0 fully saturated rings. The summed E-state index contributed by atoms with van der Waals surface area (Å²) >= 11 is 0. The minimum absolute atomic E-state index is 0.0108. The Morgan fingerprint density at radius 3 is 2.17 bits per heavy atom. The van der Waals surface area contributed by atoms with Crippen LogP contribution in [0.4, 0.5) is 0 Å². The number of benzene rings is 2. The molecule has 6 nitrogen and oxygen atoms in total. The van der Waals surface area contributed by atoms with Gasteiger partial charge in [0.1, 0.15) is 17.2 Å². The molecule has 3 N–H and O–H groups in total. The van der Waals surface area contributed by atoms with Gasteiger partial charge in [-0.15, -0.1) is 0 Å². The second kappa shape index (κ2) is 7.79. The molecule has 0 bridgehead atoms. The van der Waals surface area contributed by atoms with Crippen LogP contribution in [0.1, 0.15) is 23.5 Å². The van der Waals surface area contributed by atoms with Gasteiger partial charge in [0, 0.05) is 30.2 Å². The Kier molecular flexibility index (Phi) is 5.76. The minimum Gasteiger partial charge on any atom is -0.507 e. The van der Waals surface area contributed by atoms with E-state index in [-0.39, 0.29) is 24.0 Å². The number of phenolic OH excluding ortho intramolecular Hbond substituents is 2. The van der Waals surface area contributed by atoms with Crippen molar-refractivity contribution in [3.63, 3.8) is 0 Å². The molecule has 0 aliphatic rings. The monoisotopic (exact) mass is 334 g/mol. The van der Waals surface area contributed by atoms with Crippen LogP contribution in [0.25, 0.3) is 0 Å². The topological polar surface area (TPSA) is 88.4 Å². The lowest BCUT2D eigenvalue weighted by Crippen LogP contribution is -2.07. The SMILES string of the molecule is COc1cc(O)c(C(CCO)c2ccc(O)c(OC)c2)c(OC)c1. The fourth-order valence-corrected chi connectivity index (χ4v) is 2.74. The molecule has 0 aliphatic heterocycles. The van der Waals surface area contributed by atoms with E-state index in [0.29, 0.717) is 29.2 Å². The van der Waals surface area contributed by atoms with Crippen LogP contribution in [0.15, 0.2) is 30.3 Å². The van der Waals surface area contributed by atoms with Gasteiger partial charge < -0.3 is 29.5 Å². The summed E-state index contributed by atoms with van der Waals surface area (Å²) in [6, 6.07) is 8.10. The molecule has 0 spiro atoms. The minimum atomic E-state index is -0.342. The van der Waals surface area contributed by atoms with E-state index < -0.39 is 0 Å². The van der Waals surface area contributed by atoms with Crippen LogP contribution < -0.4 is 14.2 Å². The van der Waals surface area contributed by atoms with Gasteiger partial charge in [0.25, 0.3) is 0 Å². The summed E-state index contributed by atoms with van der Waals surface area (Å²) < 4.78 is 15.7. The zero-order valence-corrected chi connectivity index (χ0v) is 13.9. The molecular weight excluding hydrogens is 312 g/mol. The van der Waals surface area contributed by atoms with Crippen LogP contribution in [0.5, 0.6) is 28.7 Å². The van der Waals surface area contributed by atoms with Crippen LogP contribution in [0.2, 0.25) is 0 Å². The van der Waals surface area contributed by atoms with Gasteiger partial charge in [-0.1, -0.05) is 6.07 Å². The normalized spacial score (nSPS) is 11.8. The molecule has 130 valence electrons. The highest BCUT2D eigenvalue weighted by Gasteiger charge is 2.24. The van der Waals surface area contributed by atoms with Crippen molar-refractivity contribution in [3.05, 3.63) is 41.5 Å². The lowest BCUT2D eigenvalue weighted by Gasteiger charge is -2.22. The smallest absolute Gasteiger partial charge is 0.160 e. The summed E-state index contributed by atoms with van der Waals surface area (Å²) in [5.74, 6) is 0.941. The Hall–Kier alpha value is -2.60. The summed E-state index contributed by atoms with van der Waals surface area (Å²) in [5.41, 5.74) is 1.32. The third-order valence-electron chi connectivity index (χ3n) is 3.92. The Bertz CT molecular complexity index is 698. The summed E-state index contributed by atoms with van der Waals surface area (Å²) in [6.45, 7) is -0.0809. The molecule has 24 heavy (non-hydrogen) atoms. The van der Waals surface area contributed by atoms with Gasteiger partial charge in [0.2, 0.25) is 0 Å². The largest absolute Gasteiger partial charge is 0.507 e. The van der Waals surface area contributed by atoms with Gasteiger partial charge in [-0.05, 0) is 24.1 Å². The number of ether oxygens (including phenoxy) is 3. The maximum atomic E-state index is 10.5. The molecule has 2 rings (SSSR count). The van der Waals surface area contributed by atoms with Crippen molar-refractivity contribution in [2.24, 2.45) is 0 Å². The molecule has 0 amide bonds. The number of aliphatic hydroxyl groups is 1. The lowest BCUT2D eigenvalue weighted by atomic mass is 9.87. The van der Waals surface area contributed by atoms with Crippen LogP contribution in [0.3, 0.4) is 0 Å². The number of aliphatic hydroxyl groups excluding tert-OH is 1. The third kappa shape index (κ3) is 3.49. The maximum Gasteiger partial charge on any atom is 0.160 e. The predicted molar refractivity (Wildman–Crippen MR) is 89.4 cm³/mol. The molecule has 2 aromatic rings. The van der Waals surface area contributed by atoms with Crippen molar-refractivity contribution in [1.82, 2.24) is 0 Å². The van der Waals surface area contributed by atoms with Crippen molar-refractivity contribution in [1.29, 1.82) is 0 Å². The highest BCUT2D eigenvalue weighted by molar-refractivity contribution is 5.56. The molecule has 2 aromatic carbocycles. The molecule has 0 heterocycles. The Labute approximate surface area is 140 Å². The number of phenols is 2. The van der Waals surface area contributed by atoms with Gasteiger partial charge in [-0.3, -0.25) is 0 Å². The molecular formula is C18H22O6. The average molecular weight is 334 g/mol. The first-order chi connectivity index (χ1) is 11.5. The van der Waals surface area contributed by atoms with Gasteiger partial charge >= 0.3 is 0 Å². The summed E-state index contributed by atoms with van der Waals surface area (Å²) in [6.07, 6.45) is 0.365. The van der Waals surface area contributed by atoms with Crippen LogP contribution in [0, 0.1) is 0 Å². The quantitative estimate of drug-likeness (QED) is 0.721. The van der Waals surface area contributed by atoms with E-state index in [1.165, 1.54) is 33.5 Å². The first-order valence-corrected chi connectivity index (χ1v) is 7.48. The molecule has 1 unspecified atom stereocenters. The highest BCUT2D eigenvalue weighted by atomic mass is 16.5. The van der Waals surface area contributed by atoms with E-state index >= 15 is 0 Å². The number of methoxy groups -OCH3 is 3. The Balaban J connectivity index is 2.59. The Morgan fingerprint density at radius 2 is 1.58 bits per heavy atom. The summed E-state index contributed by atoms with van der Waals surface area (Å²) in [4.78, 5) is 0. The van der Waals surface area contributed by atoms with Crippen LogP contribution in [-0.2, 0) is 0 Å². The number of aromatic hydroxyl groups is 2. The van der Waals surface area contributed by atoms with E-state index in [1.54, 1.807) is 18.2 Å². The second-order valence-electron chi connectivity index (χ2n) is 5.26. The molecule has 1 atom stereocenters. The van der Waals surface area contributed by atoms with E-state index in [0.717, 1.165) is 5.56 Å². The Morgan fingerprint density at radius 1 is 0.875 bits per heavy atom. The van der Waals surface area contributed by atoms with E-state index in [2.05, 4.69) is 0 Å². The first kappa shape index (κ1) is 17.7. The highest BCUT2D eigenvalue weighted by Crippen LogP contribution is 2.44. The molecule has 0 saturated heterocycles. The van der Waals surface area contributed by atoms with Gasteiger partial charge in [0.05, 0.1) is 21.3 Å². The van der Waals surface area contributed by atoms with Crippen LogP contribution in [-0.4, -0.2) is 43.3 Å². The average Bonchev–Trinajstić information content (AvgIpc) is 2.60. The molecule has 0 radical (unpaired) electrons. The van der Waals surface area contributed by atoms with Crippen molar-refractivity contribution < 1.29 is 29.5 Å². The van der Waals surface area contributed by atoms with Gasteiger partial charge in [-0.25, -0.2) is 0 Å². The predicted octanol–water partition coefficient (Wildman–Crippen LogP) is 2.64. The van der Waals surface area contributed by atoms with Crippen LogP contribution >= 0.6 is 0 Å². The third-order valence-corrected chi connectivity index (χ3v) is 3.92. The zero-order valence-electron chi connectivity index (χ0n) is 13.9. The standard InChI is InChI=1S/C18H22O6/c1-22-12-9-15(21)18(17(10-12)24-3)13(6-7-19)11-4-5-14(20)16(8-11)23-2/h4-5,8-10,13,19-21H,6-7H2,1-3H3. The number of hydrogen-bond acceptors (Lipinski definition) is 6. The first-order valence-electron chi connectivity index (χ1n) is 7.48. The van der Waals surface area contributed by atoms with Crippen molar-refractivity contribution in [2.45, 2.75) is 12.3 Å². The molecule has 0 saturated carbocycles. The zero-order chi connectivity index (χ0) is 17.7. The summed E-state index contributed by atoms with van der Waals surface area (Å²) in [7, 11) is 4.47. The van der Waals surface area contributed by atoms with Crippen molar-refractivity contribution in [3.8, 4) is 28.7 Å². The fraction of sp³-hybridized carbons (Fsp3) is 0.333. The van der Waals surface area contributed by atoms with Gasteiger partial charge in [0.15, 0.2) is 11.5 Å². The molecule has 6 heteroatoms. The maximum absolute atomic E-state index is 10.5. The van der Waals surface area contributed by atoms with E-state index in [1.807, 2.05) is 0 Å². The van der Waals surface area contributed by atoms with Crippen molar-refractivity contribution >= 4 is 0 Å². The molecule has 0 aliphatic carbocycles. The number of hydrogen-bond donors (Lipinski definition) is 3. The lowest BCUT2D eigenvalue weighted by molar-refractivity contribution is 0.278. The summed E-state index contributed by atoms with van der Waals surface area (Å²) in [5, 5.41) is 29.7. The van der Waals surface area contributed by atoms with Crippen molar-refractivity contribution in [2.75, 3.05) is 27.9 Å². The number of rotatable bonds is 7. The second-order valence-corrected chi connectivity index (χ2v) is 5.26. The van der Waals surface area contributed by atoms with E-state index in [9.17, 15) is 15.3 Å². The van der Waals surface area contributed by atoms with Gasteiger partial charge in [-0.2, -0.15) is 0 Å².